The minimum Gasteiger partial charge on any atom is -0.497 e. The van der Waals surface area contributed by atoms with Crippen LogP contribution in [0.5, 0.6) is 5.75 Å². The van der Waals surface area contributed by atoms with Gasteiger partial charge in [-0.1, -0.05) is 12.1 Å². The molecule has 0 aliphatic rings. The van der Waals surface area contributed by atoms with Crippen LogP contribution in [0.3, 0.4) is 0 Å². The van der Waals surface area contributed by atoms with Gasteiger partial charge in [0, 0.05) is 6.08 Å². The number of amides is 1. The lowest BCUT2D eigenvalue weighted by Gasteiger charge is -1.99. The zero-order chi connectivity index (χ0) is 11.1. The van der Waals surface area contributed by atoms with E-state index >= 15 is 0 Å². The number of carbonyl (C=O) groups excluding carboxylic acids is 1. The largest absolute Gasteiger partial charge is 0.497 e. The van der Waals surface area contributed by atoms with Gasteiger partial charge in [0.25, 0.3) is 5.91 Å². The molecule has 0 aliphatic carbocycles. The molecular formula is C11H13NO3. The highest BCUT2D eigenvalue weighted by Crippen LogP contribution is 2.11. The fraction of sp³-hybridized carbons (Fsp3) is 0.182. The number of hydrogen-bond donors (Lipinski definition) is 1. The summed E-state index contributed by atoms with van der Waals surface area (Å²) in [5.74, 6) is 0.488. The van der Waals surface area contributed by atoms with Gasteiger partial charge in [-0.05, 0) is 23.8 Å². The Morgan fingerprint density at radius 1 is 1.27 bits per heavy atom. The van der Waals surface area contributed by atoms with Crippen molar-refractivity contribution in [1.82, 2.24) is 5.48 Å². The summed E-state index contributed by atoms with van der Waals surface area (Å²) >= 11 is 0. The number of methoxy groups -OCH3 is 1. The lowest BCUT2D eigenvalue weighted by molar-refractivity contribution is -0.126. The van der Waals surface area contributed by atoms with E-state index < -0.39 is 0 Å². The van der Waals surface area contributed by atoms with Gasteiger partial charge in [-0.25, -0.2) is 5.48 Å². The Kier molecular flexibility index (Phi) is 4.37. The van der Waals surface area contributed by atoms with Crippen LogP contribution in [-0.4, -0.2) is 20.1 Å². The Balaban J connectivity index is 2.60. The predicted octanol–water partition coefficient (Wildman–Crippen LogP) is 1.39. The monoisotopic (exact) mass is 207 g/mol. The molecule has 1 amide bonds. The first-order valence-electron chi connectivity index (χ1n) is 4.41. The summed E-state index contributed by atoms with van der Waals surface area (Å²) in [4.78, 5) is 15.4. The number of nitrogens with one attached hydrogen (secondary N) is 1. The second kappa shape index (κ2) is 5.82. The van der Waals surface area contributed by atoms with E-state index in [-0.39, 0.29) is 5.91 Å². The number of rotatable bonds is 4. The summed E-state index contributed by atoms with van der Waals surface area (Å²) < 4.78 is 5.01. The Labute approximate surface area is 88.5 Å². The van der Waals surface area contributed by atoms with E-state index in [1.165, 1.54) is 13.2 Å². The minimum atomic E-state index is -0.298. The molecule has 0 unspecified atom stereocenters. The average molecular weight is 207 g/mol. The standard InChI is InChI=1S/C11H13NO3/c1-14-10-6-3-9(4-7-10)5-8-11(13)12-15-2/h3-8H,1-2H3,(H,12,13)/b8-5+. The fourth-order valence-electron chi connectivity index (χ4n) is 1.02. The molecule has 0 aromatic heterocycles. The SMILES string of the molecule is CONC(=O)/C=C/c1ccc(OC)cc1. The molecule has 1 rings (SSSR count). The summed E-state index contributed by atoms with van der Waals surface area (Å²) in [6, 6.07) is 7.37. The summed E-state index contributed by atoms with van der Waals surface area (Å²) in [5.41, 5.74) is 3.11. The quantitative estimate of drug-likeness (QED) is 0.599. The molecule has 0 heterocycles. The van der Waals surface area contributed by atoms with Crippen LogP contribution in [-0.2, 0) is 9.63 Å². The molecule has 4 heteroatoms. The second-order valence-corrected chi connectivity index (χ2v) is 2.78. The van der Waals surface area contributed by atoms with E-state index in [0.717, 1.165) is 11.3 Å². The van der Waals surface area contributed by atoms with Crippen LogP contribution in [0.25, 0.3) is 6.08 Å². The maximum absolute atomic E-state index is 11.0. The molecular weight excluding hydrogens is 194 g/mol. The normalized spacial score (nSPS) is 10.3. The molecule has 1 aromatic carbocycles. The van der Waals surface area contributed by atoms with Gasteiger partial charge in [-0.2, -0.15) is 0 Å². The van der Waals surface area contributed by atoms with Gasteiger partial charge >= 0.3 is 0 Å². The maximum Gasteiger partial charge on any atom is 0.267 e. The van der Waals surface area contributed by atoms with Crippen LogP contribution in [0.2, 0.25) is 0 Å². The van der Waals surface area contributed by atoms with E-state index in [9.17, 15) is 4.79 Å². The number of hydroxylamine groups is 1. The van der Waals surface area contributed by atoms with Gasteiger partial charge in [-0.15, -0.1) is 0 Å². The molecule has 0 saturated heterocycles. The maximum atomic E-state index is 11.0. The molecule has 1 aromatic rings. The van der Waals surface area contributed by atoms with E-state index in [1.807, 2.05) is 24.3 Å². The Bertz CT molecular complexity index is 343. The first-order chi connectivity index (χ1) is 7.26. The molecule has 0 atom stereocenters. The molecule has 0 spiro atoms. The molecule has 0 saturated carbocycles. The van der Waals surface area contributed by atoms with Gasteiger partial charge < -0.3 is 4.74 Å². The van der Waals surface area contributed by atoms with Crippen molar-refractivity contribution < 1.29 is 14.4 Å². The summed E-state index contributed by atoms with van der Waals surface area (Å²) in [6.45, 7) is 0. The minimum absolute atomic E-state index is 0.298. The van der Waals surface area contributed by atoms with E-state index in [0.29, 0.717) is 0 Å². The molecule has 15 heavy (non-hydrogen) atoms. The van der Waals surface area contributed by atoms with Crippen LogP contribution >= 0.6 is 0 Å². The predicted molar refractivity (Wildman–Crippen MR) is 57.2 cm³/mol. The Morgan fingerprint density at radius 2 is 1.93 bits per heavy atom. The van der Waals surface area contributed by atoms with Crippen LogP contribution in [0, 0.1) is 0 Å². The highest BCUT2D eigenvalue weighted by Gasteiger charge is 1.93. The summed E-state index contributed by atoms with van der Waals surface area (Å²) in [7, 11) is 3.00. The van der Waals surface area contributed by atoms with Crippen molar-refractivity contribution in [3.8, 4) is 5.75 Å². The Hall–Kier alpha value is -1.81. The van der Waals surface area contributed by atoms with Crippen LogP contribution in [0.15, 0.2) is 30.3 Å². The smallest absolute Gasteiger partial charge is 0.267 e. The van der Waals surface area contributed by atoms with Crippen LogP contribution < -0.4 is 10.2 Å². The van der Waals surface area contributed by atoms with Gasteiger partial charge in [-0.3, -0.25) is 9.63 Å². The van der Waals surface area contributed by atoms with Crippen molar-refractivity contribution in [1.29, 1.82) is 0 Å². The number of benzene rings is 1. The van der Waals surface area contributed by atoms with E-state index in [4.69, 9.17) is 4.74 Å². The van der Waals surface area contributed by atoms with E-state index in [1.54, 1.807) is 13.2 Å². The highest BCUT2D eigenvalue weighted by molar-refractivity contribution is 5.90. The van der Waals surface area contributed by atoms with Crippen molar-refractivity contribution in [3.63, 3.8) is 0 Å². The van der Waals surface area contributed by atoms with Crippen molar-refractivity contribution >= 4 is 12.0 Å². The average Bonchev–Trinajstić information content (AvgIpc) is 2.27. The molecule has 0 fully saturated rings. The first-order valence-corrected chi connectivity index (χ1v) is 4.41. The topological polar surface area (TPSA) is 47.6 Å². The third kappa shape index (κ3) is 3.83. The molecule has 0 bridgehead atoms. The van der Waals surface area contributed by atoms with Crippen molar-refractivity contribution in [3.05, 3.63) is 35.9 Å². The molecule has 0 radical (unpaired) electrons. The molecule has 4 nitrogen and oxygen atoms in total. The number of ether oxygens (including phenoxy) is 1. The zero-order valence-electron chi connectivity index (χ0n) is 8.69. The van der Waals surface area contributed by atoms with Gasteiger partial charge in [0.15, 0.2) is 0 Å². The molecule has 1 N–H and O–H groups in total. The van der Waals surface area contributed by atoms with Crippen molar-refractivity contribution in [2.75, 3.05) is 14.2 Å². The third-order valence-corrected chi connectivity index (χ3v) is 1.75. The van der Waals surface area contributed by atoms with E-state index in [2.05, 4.69) is 10.3 Å². The summed E-state index contributed by atoms with van der Waals surface area (Å²) in [5, 5.41) is 0. The van der Waals surface area contributed by atoms with Gasteiger partial charge in [0.2, 0.25) is 0 Å². The van der Waals surface area contributed by atoms with Crippen LogP contribution in [0.4, 0.5) is 0 Å². The van der Waals surface area contributed by atoms with Gasteiger partial charge in [0.1, 0.15) is 5.75 Å². The van der Waals surface area contributed by atoms with Crippen LogP contribution in [0.1, 0.15) is 5.56 Å². The van der Waals surface area contributed by atoms with Gasteiger partial charge in [0.05, 0.1) is 14.2 Å². The molecule has 0 aliphatic heterocycles. The van der Waals surface area contributed by atoms with Crippen molar-refractivity contribution in [2.45, 2.75) is 0 Å². The second-order valence-electron chi connectivity index (χ2n) is 2.78. The lowest BCUT2D eigenvalue weighted by Crippen LogP contribution is -2.18. The third-order valence-electron chi connectivity index (χ3n) is 1.75. The first kappa shape index (κ1) is 11.3. The highest BCUT2D eigenvalue weighted by atomic mass is 16.6. The van der Waals surface area contributed by atoms with Crippen molar-refractivity contribution in [2.24, 2.45) is 0 Å². The summed E-state index contributed by atoms with van der Waals surface area (Å²) in [6.07, 6.45) is 3.08. The molecule has 80 valence electrons. The Morgan fingerprint density at radius 3 is 2.47 bits per heavy atom. The zero-order valence-corrected chi connectivity index (χ0v) is 8.69. The fourth-order valence-corrected chi connectivity index (χ4v) is 1.02. The lowest BCUT2D eigenvalue weighted by atomic mass is 10.2. The number of hydrogen-bond acceptors (Lipinski definition) is 3. The number of carbonyl (C=O) groups is 1.